The summed E-state index contributed by atoms with van der Waals surface area (Å²) in [7, 11) is 0. The van der Waals surface area contributed by atoms with E-state index in [-0.39, 0.29) is 5.82 Å². The van der Waals surface area contributed by atoms with Crippen molar-refractivity contribution >= 4 is 22.8 Å². The van der Waals surface area contributed by atoms with Gasteiger partial charge in [0.25, 0.3) is 0 Å². The highest BCUT2D eigenvalue weighted by Crippen LogP contribution is 2.16. The lowest BCUT2D eigenvalue weighted by Crippen LogP contribution is -2.08. The van der Waals surface area contributed by atoms with Crippen LogP contribution in [0.2, 0.25) is 0 Å². The molecule has 0 bridgehead atoms. The molecule has 112 valence electrons. The number of aliphatic carboxylic acids is 2. The van der Waals surface area contributed by atoms with E-state index in [4.69, 9.17) is 15.9 Å². The number of hydrogen-bond donors (Lipinski definition) is 3. The van der Waals surface area contributed by atoms with Crippen LogP contribution in [-0.2, 0) is 16.1 Å². The van der Waals surface area contributed by atoms with Crippen LogP contribution in [-0.4, -0.2) is 33.3 Å². The van der Waals surface area contributed by atoms with E-state index in [0.717, 1.165) is 17.4 Å². The highest BCUT2D eigenvalue weighted by atomic mass is 19.1. The van der Waals surface area contributed by atoms with E-state index in [1.54, 1.807) is 6.07 Å². The van der Waals surface area contributed by atoms with Gasteiger partial charge in [-0.2, -0.15) is 0 Å². The van der Waals surface area contributed by atoms with Gasteiger partial charge in [0.05, 0.1) is 0 Å². The maximum Gasteiger partial charge on any atom is 0.328 e. The molecule has 0 saturated carbocycles. The number of aromatic nitrogens is 1. The van der Waals surface area contributed by atoms with Crippen LogP contribution in [0.3, 0.4) is 0 Å². The third-order valence-electron chi connectivity index (χ3n) is 2.47. The normalized spacial score (nSPS) is 10.4. The van der Waals surface area contributed by atoms with Crippen molar-refractivity contribution in [1.29, 1.82) is 0 Å². The molecule has 0 fully saturated rings. The quantitative estimate of drug-likeness (QED) is 0.740. The third-order valence-corrected chi connectivity index (χ3v) is 2.47. The van der Waals surface area contributed by atoms with Crippen molar-refractivity contribution in [2.75, 3.05) is 6.54 Å². The number of halogens is 1. The topological polar surface area (TPSA) is 106 Å². The van der Waals surface area contributed by atoms with Crippen molar-refractivity contribution in [2.45, 2.75) is 6.54 Å². The summed E-state index contributed by atoms with van der Waals surface area (Å²) in [4.78, 5) is 19.1. The molecule has 7 heteroatoms. The summed E-state index contributed by atoms with van der Waals surface area (Å²) < 4.78 is 14.8. The average molecular weight is 294 g/mol. The van der Waals surface area contributed by atoms with E-state index < -0.39 is 11.9 Å². The zero-order chi connectivity index (χ0) is 15.8. The van der Waals surface area contributed by atoms with Gasteiger partial charge >= 0.3 is 11.9 Å². The second-order valence-corrected chi connectivity index (χ2v) is 4.01. The number of rotatable bonds is 4. The largest absolute Gasteiger partial charge is 0.478 e. The van der Waals surface area contributed by atoms with Crippen LogP contribution in [0.1, 0.15) is 0 Å². The molecule has 1 heterocycles. The first-order valence-corrected chi connectivity index (χ1v) is 6.02. The minimum Gasteiger partial charge on any atom is -0.478 e. The lowest BCUT2D eigenvalue weighted by molar-refractivity contribution is -0.134. The van der Waals surface area contributed by atoms with Crippen LogP contribution in [0.5, 0.6) is 0 Å². The highest BCUT2D eigenvalue weighted by Gasteiger charge is 2.00. The lowest BCUT2D eigenvalue weighted by atomic mass is 10.2. The minimum absolute atomic E-state index is 0.196. The Bertz CT molecular complexity index is 648. The fourth-order valence-corrected chi connectivity index (χ4v) is 1.65. The molecule has 0 aliphatic heterocycles. The molecule has 0 aliphatic carbocycles. The number of carbonyl (C=O) groups is 2. The number of fused-ring (bicyclic) bond motifs is 1. The second-order valence-electron chi connectivity index (χ2n) is 4.01. The SMILES string of the molecule is NCCn1ccc2cc(F)ccc21.O=C(O)/C=C/C(=O)O. The first-order chi connectivity index (χ1) is 9.93. The summed E-state index contributed by atoms with van der Waals surface area (Å²) >= 11 is 0. The summed E-state index contributed by atoms with van der Waals surface area (Å²) in [6, 6.07) is 6.67. The van der Waals surface area contributed by atoms with Crippen molar-refractivity contribution in [2.24, 2.45) is 5.73 Å². The van der Waals surface area contributed by atoms with Crippen molar-refractivity contribution in [3.63, 3.8) is 0 Å². The fraction of sp³-hybridized carbons (Fsp3) is 0.143. The standard InChI is InChI=1S/C10H11FN2.C4H4O4/c11-9-1-2-10-8(7-9)3-5-13(10)6-4-12;5-3(6)1-2-4(7)8/h1-3,5,7H,4,6,12H2;1-2H,(H,5,6)(H,7,8)/b;2-1+. The van der Waals surface area contributed by atoms with Gasteiger partial charge < -0.3 is 20.5 Å². The van der Waals surface area contributed by atoms with Gasteiger partial charge in [0.15, 0.2) is 0 Å². The first kappa shape index (κ1) is 16.4. The van der Waals surface area contributed by atoms with Gasteiger partial charge in [0, 0.05) is 42.3 Å². The predicted octanol–water partition coefficient (Wildman–Crippen LogP) is 1.45. The summed E-state index contributed by atoms with van der Waals surface area (Å²) in [5, 5.41) is 16.5. The number of nitrogens with two attached hydrogens (primary N) is 1. The second kappa shape index (κ2) is 7.81. The summed E-state index contributed by atoms with van der Waals surface area (Å²) in [5.74, 6) is -2.71. The molecule has 4 N–H and O–H groups in total. The molecule has 0 aliphatic rings. The summed E-state index contributed by atoms with van der Waals surface area (Å²) in [6.45, 7) is 1.37. The summed E-state index contributed by atoms with van der Waals surface area (Å²) in [6.07, 6.45) is 3.04. The molecular formula is C14H15FN2O4. The Labute approximate surface area is 119 Å². The summed E-state index contributed by atoms with van der Waals surface area (Å²) in [5.41, 5.74) is 6.48. The van der Waals surface area contributed by atoms with Crippen LogP contribution in [0, 0.1) is 5.82 Å². The van der Waals surface area contributed by atoms with Gasteiger partial charge in [-0.1, -0.05) is 0 Å². The Morgan fingerprint density at radius 3 is 2.33 bits per heavy atom. The monoisotopic (exact) mass is 294 g/mol. The van der Waals surface area contributed by atoms with Gasteiger partial charge in [0.1, 0.15) is 5.82 Å². The molecule has 1 aromatic heterocycles. The van der Waals surface area contributed by atoms with E-state index in [0.29, 0.717) is 18.7 Å². The lowest BCUT2D eigenvalue weighted by Gasteiger charge is -2.01. The molecule has 21 heavy (non-hydrogen) atoms. The molecule has 2 aromatic rings. The van der Waals surface area contributed by atoms with Crippen LogP contribution in [0.15, 0.2) is 42.6 Å². The number of carboxylic acids is 2. The van der Waals surface area contributed by atoms with Gasteiger partial charge in [-0.3, -0.25) is 0 Å². The molecule has 2 rings (SSSR count). The van der Waals surface area contributed by atoms with Crippen molar-refractivity contribution in [3.8, 4) is 0 Å². The molecule has 0 spiro atoms. The number of nitrogens with zero attached hydrogens (tertiary/aromatic N) is 1. The van der Waals surface area contributed by atoms with E-state index in [9.17, 15) is 14.0 Å². The smallest absolute Gasteiger partial charge is 0.328 e. The maximum atomic E-state index is 12.8. The zero-order valence-electron chi connectivity index (χ0n) is 11.1. The van der Waals surface area contributed by atoms with E-state index in [1.807, 2.05) is 16.8 Å². The number of benzene rings is 1. The van der Waals surface area contributed by atoms with E-state index >= 15 is 0 Å². The van der Waals surface area contributed by atoms with Gasteiger partial charge in [-0.25, -0.2) is 14.0 Å². The predicted molar refractivity (Wildman–Crippen MR) is 75.4 cm³/mol. The Balaban J connectivity index is 0.000000240. The third kappa shape index (κ3) is 5.45. The van der Waals surface area contributed by atoms with Crippen LogP contribution in [0.4, 0.5) is 4.39 Å². The molecule has 6 nitrogen and oxygen atoms in total. The van der Waals surface area contributed by atoms with E-state index in [1.165, 1.54) is 12.1 Å². The highest BCUT2D eigenvalue weighted by molar-refractivity contribution is 5.89. The molecular weight excluding hydrogens is 279 g/mol. The molecule has 0 atom stereocenters. The molecule has 1 aromatic carbocycles. The Kier molecular flexibility index (Phi) is 6.09. The van der Waals surface area contributed by atoms with Crippen molar-refractivity contribution in [1.82, 2.24) is 4.57 Å². The Hall–Kier alpha value is -2.67. The van der Waals surface area contributed by atoms with Crippen LogP contribution < -0.4 is 5.73 Å². The zero-order valence-corrected chi connectivity index (χ0v) is 11.1. The molecule has 0 unspecified atom stereocenters. The minimum atomic E-state index is -1.26. The number of hydrogen-bond acceptors (Lipinski definition) is 3. The Morgan fingerprint density at radius 1 is 1.19 bits per heavy atom. The van der Waals surface area contributed by atoms with Crippen molar-refractivity contribution in [3.05, 3.63) is 48.4 Å². The molecule has 0 radical (unpaired) electrons. The van der Waals surface area contributed by atoms with Gasteiger partial charge in [-0.05, 0) is 24.3 Å². The van der Waals surface area contributed by atoms with Gasteiger partial charge in [-0.15, -0.1) is 0 Å². The van der Waals surface area contributed by atoms with Gasteiger partial charge in [0.2, 0.25) is 0 Å². The van der Waals surface area contributed by atoms with Crippen LogP contribution >= 0.6 is 0 Å². The molecule has 0 amide bonds. The maximum absolute atomic E-state index is 12.8. The number of carboxylic acid groups (broad SMARTS) is 2. The average Bonchev–Trinajstić information content (AvgIpc) is 2.80. The molecule has 0 saturated heterocycles. The van der Waals surface area contributed by atoms with E-state index in [2.05, 4.69) is 0 Å². The van der Waals surface area contributed by atoms with Crippen molar-refractivity contribution < 1.29 is 24.2 Å². The fourth-order valence-electron chi connectivity index (χ4n) is 1.65. The first-order valence-electron chi connectivity index (χ1n) is 6.02. The van der Waals surface area contributed by atoms with Crippen LogP contribution in [0.25, 0.3) is 10.9 Å². The Morgan fingerprint density at radius 2 is 1.81 bits per heavy atom.